The molecule has 0 spiro atoms. The second kappa shape index (κ2) is 5.42. The first-order chi connectivity index (χ1) is 10.7. The first-order valence-corrected chi connectivity index (χ1v) is 8.42. The fourth-order valence-corrected chi connectivity index (χ4v) is 4.10. The first kappa shape index (κ1) is 14.3. The second-order valence-electron chi connectivity index (χ2n) is 6.07. The number of nitrogens with zero attached hydrogens (tertiary/aromatic N) is 2. The number of hydrogen-bond donors (Lipinski definition) is 0. The summed E-state index contributed by atoms with van der Waals surface area (Å²) in [5.74, 6) is -0.336. The van der Waals surface area contributed by atoms with Gasteiger partial charge in [0.1, 0.15) is 12.1 Å². The SMILES string of the molecule is O=C[C@@H]1C[C@@H]1c1c(F)cc2c(cnn2C2CCCCO2)c1Br. The van der Waals surface area contributed by atoms with E-state index in [0.717, 1.165) is 54.0 Å². The lowest BCUT2D eigenvalue weighted by atomic mass is 10.1. The summed E-state index contributed by atoms with van der Waals surface area (Å²) in [6.07, 6.45) is 6.33. The molecule has 1 aliphatic carbocycles. The van der Waals surface area contributed by atoms with E-state index >= 15 is 0 Å². The van der Waals surface area contributed by atoms with Crippen LogP contribution in [0.25, 0.3) is 10.9 Å². The predicted molar refractivity (Wildman–Crippen MR) is 83.1 cm³/mol. The van der Waals surface area contributed by atoms with Crippen molar-refractivity contribution in [3.63, 3.8) is 0 Å². The number of ether oxygens (including phenoxy) is 1. The second-order valence-corrected chi connectivity index (χ2v) is 6.86. The van der Waals surface area contributed by atoms with Crippen molar-refractivity contribution in [2.75, 3.05) is 6.61 Å². The van der Waals surface area contributed by atoms with Gasteiger partial charge in [-0.25, -0.2) is 9.07 Å². The first-order valence-electron chi connectivity index (χ1n) is 7.62. The summed E-state index contributed by atoms with van der Waals surface area (Å²) in [7, 11) is 0. The summed E-state index contributed by atoms with van der Waals surface area (Å²) in [4.78, 5) is 10.9. The Hall–Kier alpha value is -1.27. The van der Waals surface area contributed by atoms with Gasteiger partial charge < -0.3 is 9.53 Å². The number of halogens is 2. The van der Waals surface area contributed by atoms with Crippen LogP contribution >= 0.6 is 15.9 Å². The number of carbonyl (C=O) groups excluding carboxylic acids is 1. The number of carbonyl (C=O) groups is 1. The molecule has 6 heteroatoms. The van der Waals surface area contributed by atoms with Crippen LogP contribution < -0.4 is 0 Å². The van der Waals surface area contributed by atoms with Gasteiger partial charge in [0, 0.05) is 34.0 Å². The maximum absolute atomic E-state index is 14.6. The van der Waals surface area contributed by atoms with Gasteiger partial charge in [-0.1, -0.05) is 0 Å². The molecule has 116 valence electrons. The molecule has 0 bridgehead atoms. The van der Waals surface area contributed by atoms with Crippen LogP contribution in [0.15, 0.2) is 16.7 Å². The van der Waals surface area contributed by atoms with Gasteiger partial charge in [0.25, 0.3) is 0 Å². The number of fused-ring (bicyclic) bond motifs is 1. The highest BCUT2D eigenvalue weighted by molar-refractivity contribution is 9.10. The molecule has 0 amide bonds. The Labute approximate surface area is 135 Å². The van der Waals surface area contributed by atoms with Crippen molar-refractivity contribution in [1.29, 1.82) is 0 Å². The van der Waals surface area contributed by atoms with E-state index in [2.05, 4.69) is 21.0 Å². The van der Waals surface area contributed by atoms with Crippen molar-refractivity contribution in [3.05, 3.63) is 28.1 Å². The number of aldehydes is 1. The summed E-state index contributed by atoms with van der Waals surface area (Å²) < 4.78 is 22.8. The van der Waals surface area contributed by atoms with E-state index in [-0.39, 0.29) is 23.9 Å². The minimum absolute atomic E-state index is 0.00874. The van der Waals surface area contributed by atoms with E-state index in [1.165, 1.54) is 6.07 Å². The minimum atomic E-state index is -0.272. The van der Waals surface area contributed by atoms with Crippen LogP contribution in [0.4, 0.5) is 4.39 Å². The molecule has 1 aromatic carbocycles. The van der Waals surface area contributed by atoms with Crippen LogP contribution in [0.2, 0.25) is 0 Å². The number of hydrogen-bond acceptors (Lipinski definition) is 3. The summed E-state index contributed by atoms with van der Waals surface area (Å²) in [5, 5.41) is 5.28. The normalized spacial score (nSPS) is 28.0. The third kappa shape index (κ3) is 2.20. The van der Waals surface area contributed by atoms with Gasteiger partial charge in [0.15, 0.2) is 6.23 Å². The molecule has 2 fully saturated rings. The lowest BCUT2D eigenvalue weighted by Crippen LogP contribution is -2.19. The topological polar surface area (TPSA) is 44.1 Å². The summed E-state index contributed by atoms with van der Waals surface area (Å²) >= 11 is 3.52. The quantitative estimate of drug-likeness (QED) is 0.772. The average molecular weight is 367 g/mol. The molecule has 2 aliphatic rings. The smallest absolute Gasteiger partial charge is 0.150 e. The van der Waals surface area contributed by atoms with Crippen molar-refractivity contribution in [3.8, 4) is 0 Å². The predicted octanol–water partition coefficient (Wildman–Crippen LogP) is 3.94. The van der Waals surface area contributed by atoms with Gasteiger partial charge in [0.05, 0.1) is 11.7 Å². The highest BCUT2D eigenvalue weighted by atomic mass is 79.9. The summed E-state index contributed by atoms with van der Waals surface area (Å²) in [6.45, 7) is 0.719. The van der Waals surface area contributed by atoms with Crippen molar-refractivity contribution < 1.29 is 13.9 Å². The Morgan fingerprint density at radius 3 is 3.00 bits per heavy atom. The highest BCUT2D eigenvalue weighted by Crippen LogP contribution is 2.50. The molecule has 4 rings (SSSR count). The van der Waals surface area contributed by atoms with Gasteiger partial charge in [-0.05, 0) is 47.5 Å². The third-order valence-electron chi connectivity index (χ3n) is 4.64. The Kier molecular flexibility index (Phi) is 3.53. The van der Waals surface area contributed by atoms with Gasteiger partial charge in [-0.2, -0.15) is 5.10 Å². The molecule has 2 aromatic rings. The standard InChI is InChI=1S/C16H16BrFN2O2/c17-16-11-7-19-20(14-3-1-2-4-22-14)13(11)6-12(18)15(16)10-5-9(10)8-21/h6-10,14H,1-5H2/t9-,10-,14?/m0/s1. The van der Waals surface area contributed by atoms with Crippen molar-refractivity contribution in [1.82, 2.24) is 9.78 Å². The van der Waals surface area contributed by atoms with Crippen molar-refractivity contribution in [2.24, 2.45) is 5.92 Å². The van der Waals surface area contributed by atoms with E-state index in [4.69, 9.17) is 4.74 Å². The maximum atomic E-state index is 14.6. The van der Waals surface area contributed by atoms with E-state index in [9.17, 15) is 9.18 Å². The van der Waals surface area contributed by atoms with E-state index in [1.807, 2.05) is 0 Å². The lowest BCUT2D eigenvalue weighted by Gasteiger charge is -2.23. The molecular weight excluding hydrogens is 351 g/mol. The zero-order chi connectivity index (χ0) is 15.3. The molecule has 0 radical (unpaired) electrons. The zero-order valence-corrected chi connectivity index (χ0v) is 13.6. The van der Waals surface area contributed by atoms with Crippen LogP contribution in [0, 0.1) is 11.7 Å². The number of benzene rings is 1. The molecule has 3 atom stereocenters. The van der Waals surface area contributed by atoms with Crippen LogP contribution in [-0.2, 0) is 9.53 Å². The Balaban J connectivity index is 1.79. The average Bonchev–Trinajstić information content (AvgIpc) is 3.18. The van der Waals surface area contributed by atoms with Crippen molar-refractivity contribution in [2.45, 2.75) is 37.8 Å². The van der Waals surface area contributed by atoms with Crippen LogP contribution in [0.5, 0.6) is 0 Å². The molecule has 1 aromatic heterocycles. The van der Waals surface area contributed by atoms with E-state index in [1.54, 1.807) is 10.9 Å². The van der Waals surface area contributed by atoms with Crippen molar-refractivity contribution >= 4 is 33.1 Å². The highest BCUT2D eigenvalue weighted by Gasteiger charge is 2.41. The molecule has 1 saturated carbocycles. The zero-order valence-electron chi connectivity index (χ0n) is 12.0. The van der Waals surface area contributed by atoms with Crippen LogP contribution in [0.1, 0.15) is 43.4 Å². The fraction of sp³-hybridized carbons (Fsp3) is 0.500. The molecule has 1 aliphatic heterocycles. The summed E-state index contributed by atoms with van der Waals surface area (Å²) in [6, 6.07) is 1.53. The molecule has 4 nitrogen and oxygen atoms in total. The molecule has 22 heavy (non-hydrogen) atoms. The summed E-state index contributed by atoms with van der Waals surface area (Å²) in [5.41, 5.74) is 1.34. The van der Waals surface area contributed by atoms with E-state index in [0.29, 0.717) is 5.56 Å². The molecule has 1 unspecified atom stereocenters. The Bertz CT molecular complexity index is 739. The number of aromatic nitrogens is 2. The van der Waals surface area contributed by atoms with Gasteiger partial charge in [-0.15, -0.1) is 0 Å². The number of rotatable bonds is 3. The van der Waals surface area contributed by atoms with Crippen LogP contribution in [-0.4, -0.2) is 22.7 Å². The van der Waals surface area contributed by atoms with Gasteiger partial charge in [0.2, 0.25) is 0 Å². The molecule has 1 saturated heterocycles. The van der Waals surface area contributed by atoms with Gasteiger partial charge >= 0.3 is 0 Å². The lowest BCUT2D eigenvalue weighted by molar-refractivity contribution is -0.108. The molecule has 0 N–H and O–H groups in total. The Morgan fingerprint density at radius 2 is 2.32 bits per heavy atom. The minimum Gasteiger partial charge on any atom is -0.356 e. The monoisotopic (exact) mass is 366 g/mol. The maximum Gasteiger partial charge on any atom is 0.150 e. The fourth-order valence-electron chi connectivity index (χ4n) is 3.32. The Morgan fingerprint density at radius 1 is 1.45 bits per heavy atom. The van der Waals surface area contributed by atoms with Gasteiger partial charge in [-0.3, -0.25) is 0 Å². The largest absolute Gasteiger partial charge is 0.356 e. The van der Waals surface area contributed by atoms with Crippen LogP contribution in [0.3, 0.4) is 0 Å². The molecular formula is C16H16BrFN2O2. The van der Waals surface area contributed by atoms with E-state index < -0.39 is 0 Å². The molecule has 2 heterocycles. The third-order valence-corrected chi connectivity index (χ3v) is 5.50.